The van der Waals surface area contributed by atoms with Crippen molar-refractivity contribution in [2.45, 2.75) is 19.8 Å². The molecule has 0 aliphatic heterocycles. The summed E-state index contributed by atoms with van der Waals surface area (Å²) in [6.45, 7) is 2.54. The highest BCUT2D eigenvalue weighted by Gasteiger charge is 2.11. The summed E-state index contributed by atoms with van der Waals surface area (Å²) >= 11 is 11.9. The highest BCUT2D eigenvalue weighted by atomic mass is 35.5. The van der Waals surface area contributed by atoms with Crippen LogP contribution in [0.25, 0.3) is 21.8 Å². The van der Waals surface area contributed by atoms with Crippen LogP contribution in [0, 0.1) is 0 Å². The Hall–Kier alpha value is -3.63. The number of aromatic hydroxyl groups is 1. The number of phenols is 1. The number of rotatable bonds is 8. The molecule has 1 N–H and O–H groups in total. The minimum Gasteiger partial charge on any atom is -0.504 e. The molecule has 0 aliphatic rings. The molecule has 0 saturated carbocycles. The quantitative estimate of drug-likeness (QED) is 0.187. The van der Waals surface area contributed by atoms with E-state index in [1.165, 1.54) is 25.8 Å². The second kappa shape index (κ2) is 12.9. The number of fused-ring (bicyclic) bond motifs is 2. The molecule has 0 bridgehead atoms. The van der Waals surface area contributed by atoms with E-state index in [4.69, 9.17) is 42.1 Å². The second-order valence-corrected chi connectivity index (χ2v) is 7.86. The molecule has 0 amide bonds. The van der Waals surface area contributed by atoms with Gasteiger partial charge in [0.2, 0.25) is 0 Å². The Morgan fingerprint density at radius 1 is 0.861 bits per heavy atom. The normalized spacial score (nSPS) is 10.5. The molecule has 4 rings (SSSR count). The fourth-order valence-electron chi connectivity index (χ4n) is 3.14. The van der Waals surface area contributed by atoms with Gasteiger partial charge in [-0.1, -0.05) is 23.2 Å². The molecule has 2 aromatic heterocycles. The van der Waals surface area contributed by atoms with Crippen molar-refractivity contribution in [3.8, 4) is 23.0 Å². The molecule has 0 unspecified atom stereocenters. The topological polar surface area (TPSA) is 126 Å². The molecule has 36 heavy (non-hydrogen) atoms. The summed E-state index contributed by atoms with van der Waals surface area (Å²) in [5.41, 5.74) is 1.25. The first-order chi connectivity index (χ1) is 17.4. The lowest BCUT2D eigenvalue weighted by molar-refractivity contribution is -0.143. The SMILES string of the molecule is CCOC(=O)CCCOc1cc2ncnc(Cl)c2cc1OC.COc1cc2c(Cl)ncnc2cc1O. The van der Waals surface area contributed by atoms with Crippen molar-refractivity contribution in [1.82, 2.24) is 19.9 Å². The number of nitrogens with zero attached hydrogens (tertiary/aromatic N) is 4. The Bertz CT molecular complexity index is 1360. The number of esters is 1. The van der Waals surface area contributed by atoms with Gasteiger partial charge in [0, 0.05) is 29.3 Å². The van der Waals surface area contributed by atoms with Gasteiger partial charge in [-0.15, -0.1) is 0 Å². The van der Waals surface area contributed by atoms with E-state index in [1.807, 2.05) is 0 Å². The average Bonchev–Trinajstić information content (AvgIpc) is 2.87. The van der Waals surface area contributed by atoms with Crippen molar-refractivity contribution in [1.29, 1.82) is 0 Å². The van der Waals surface area contributed by atoms with Crippen LogP contribution in [-0.4, -0.2) is 58.4 Å². The van der Waals surface area contributed by atoms with E-state index in [0.29, 0.717) is 75.4 Å². The van der Waals surface area contributed by atoms with Crippen LogP contribution in [0.15, 0.2) is 36.9 Å². The molecule has 12 heteroatoms. The molecule has 0 spiro atoms. The predicted molar refractivity (Wildman–Crippen MR) is 135 cm³/mol. The van der Waals surface area contributed by atoms with Gasteiger partial charge in [-0.3, -0.25) is 4.79 Å². The number of methoxy groups -OCH3 is 2. The smallest absolute Gasteiger partial charge is 0.305 e. The first-order valence-electron chi connectivity index (χ1n) is 10.8. The van der Waals surface area contributed by atoms with E-state index in [-0.39, 0.29) is 11.7 Å². The van der Waals surface area contributed by atoms with Crippen LogP contribution in [0.3, 0.4) is 0 Å². The zero-order chi connectivity index (χ0) is 26.1. The van der Waals surface area contributed by atoms with Gasteiger partial charge in [0.15, 0.2) is 23.0 Å². The summed E-state index contributed by atoms with van der Waals surface area (Å²) in [4.78, 5) is 27.1. The molecule has 10 nitrogen and oxygen atoms in total. The lowest BCUT2D eigenvalue weighted by atomic mass is 10.2. The summed E-state index contributed by atoms with van der Waals surface area (Å²) in [6.07, 6.45) is 3.61. The molecule has 0 fully saturated rings. The van der Waals surface area contributed by atoms with Gasteiger partial charge in [0.1, 0.15) is 23.0 Å². The van der Waals surface area contributed by atoms with Crippen LogP contribution in [0.4, 0.5) is 0 Å². The number of carbonyl (C=O) groups excluding carboxylic acids is 1. The Labute approximate surface area is 217 Å². The molecule has 0 saturated heterocycles. The van der Waals surface area contributed by atoms with E-state index < -0.39 is 0 Å². The third-order valence-corrected chi connectivity index (χ3v) is 5.45. The summed E-state index contributed by atoms with van der Waals surface area (Å²) in [5.74, 6) is 1.26. The minimum absolute atomic E-state index is 0.0368. The number of hydrogen-bond acceptors (Lipinski definition) is 10. The Morgan fingerprint density at radius 3 is 2.03 bits per heavy atom. The summed E-state index contributed by atoms with van der Waals surface area (Å²) in [5, 5.41) is 11.5. The summed E-state index contributed by atoms with van der Waals surface area (Å²) in [6, 6.07) is 6.57. The summed E-state index contributed by atoms with van der Waals surface area (Å²) in [7, 11) is 3.02. The van der Waals surface area contributed by atoms with E-state index in [9.17, 15) is 9.90 Å². The third kappa shape index (κ3) is 6.73. The standard InChI is InChI=1S/C15H17ClN2O4.C9H7ClN2O2/c1-3-21-14(19)5-4-6-22-13-8-11-10(7-12(13)20-2)15(16)18-9-17-11;1-14-8-2-5-6(3-7(8)13)11-4-12-9(5)10/h7-9H,3-6H2,1-2H3;2-4,13H,1H3. The van der Waals surface area contributed by atoms with Gasteiger partial charge < -0.3 is 24.1 Å². The monoisotopic (exact) mass is 534 g/mol. The van der Waals surface area contributed by atoms with Crippen molar-refractivity contribution < 1.29 is 28.8 Å². The Morgan fingerprint density at radius 2 is 1.44 bits per heavy atom. The van der Waals surface area contributed by atoms with Crippen LogP contribution >= 0.6 is 23.2 Å². The van der Waals surface area contributed by atoms with Gasteiger partial charge in [0.25, 0.3) is 0 Å². The van der Waals surface area contributed by atoms with Crippen LogP contribution in [0.2, 0.25) is 10.3 Å². The number of hydrogen-bond donors (Lipinski definition) is 1. The predicted octanol–water partition coefficient (Wildman–Crippen LogP) is 5.01. The number of ether oxygens (including phenoxy) is 4. The maximum absolute atomic E-state index is 11.3. The zero-order valence-corrected chi connectivity index (χ0v) is 21.3. The first-order valence-corrected chi connectivity index (χ1v) is 11.6. The molecule has 0 aliphatic carbocycles. The van der Waals surface area contributed by atoms with Crippen molar-refractivity contribution in [3.05, 3.63) is 47.2 Å². The lowest BCUT2D eigenvalue weighted by Crippen LogP contribution is -2.07. The van der Waals surface area contributed by atoms with E-state index >= 15 is 0 Å². The number of halogens is 2. The lowest BCUT2D eigenvalue weighted by Gasteiger charge is -2.12. The molecule has 0 radical (unpaired) electrons. The second-order valence-electron chi connectivity index (χ2n) is 7.15. The van der Waals surface area contributed by atoms with Gasteiger partial charge in [-0.2, -0.15) is 0 Å². The first kappa shape index (κ1) is 27.0. The Kier molecular flexibility index (Phi) is 9.66. The van der Waals surface area contributed by atoms with Crippen LogP contribution < -0.4 is 14.2 Å². The number of benzene rings is 2. The fourth-order valence-corrected chi connectivity index (χ4v) is 3.53. The highest BCUT2D eigenvalue weighted by molar-refractivity contribution is 6.34. The molecule has 2 heterocycles. The van der Waals surface area contributed by atoms with Gasteiger partial charge in [-0.05, 0) is 25.5 Å². The van der Waals surface area contributed by atoms with Gasteiger partial charge >= 0.3 is 5.97 Å². The summed E-state index contributed by atoms with van der Waals surface area (Å²) < 4.78 is 20.8. The van der Waals surface area contributed by atoms with E-state index in [2.05, 4.69) is 19.9 Å². The van der Waals surface area contributed by atoms with Crippen molar-refractivity contribution in [2.24, 2.45) is 0 Å². The average molecular weight is 535 g/mol. The van der Waals surface area contributed by atoms with E-state index in [1.54, 1.807) is 32.2 Å². The van der Waals surface area contributed by atoms with Crippen LogP contribution in [0.5, 0.6) is 23.0 Å². The molecule has 4 aromatic rings. The Balaban J connectivity index is 0.000000221. The molecular formula is C24H24Cl2N4O6. The number of carbonyl (C=O) groups is 1. The van der Waals surface area contributed by atoms with E-state index in [0.717, 1.165) is 0 Å². The number of aromatic nitrogens is 4. The van der Waals surface area contributed by atoms with Crippen molar-refractivity contribution in [3.63, 3.8) is 0 Å². The zero-order valence-electron chi connectivity index (χ0n) is 19.8. The van der Waals surface area contributed by atoms with Crippen LogP contribution in [0.1, 0.15) is 19.8 Å². The maximum Gasteiger partial charge on any atom is 0.305 e. The molecular weight excluding hydrogens is 511 g/mol. The van der Waals surface area contributed by atoms with Crippen molar-refractivity contribution in [2.75, 3.05) is 27.4 Å². The fraction of sp³-hybridized carbons (Fsp3) is 0.292. The van der Waals surface area contributed by atoms with Gasteiger partial charge in [-0.25, -0.2) is 19.9 Å². The molecule has 0 atom stereocenters. The molecule has 2 aromatic carbocycles. The maximum atomic E-state index is 11.3. The van der Waals surface area contributed by atoms with Crippen LogP contribution in [-0.2, 0) is 9.53 Å². The highest BCUT2D eigenvalue weighted by Crippen LogP contribution is 2.34. The number of phenolic OH excluding ortho intramolecular Hbond substituents is 1. The largest absolute Gasteiger partial charge is 0.504 e. The third-order valence-electron chi connectivity index (χ3n) is 4.85. The minimum atomic E-state index is -0.226. The van der Waals surface area contributed by atoms with Crippen molar-refractivity contribution >= 4 is 51.0 Å². The van der Waals surface area contributed by atoms with Gasteiger partial charge in [0.05, 0.1) is 38.5 Å². The molecule has 190 valence electrons.